The van der Waals surface area contributed by atoms with E-state index >= 15 is 0 Å². The van der Waals surface area contributed by atoms with E-state index in [1.165, 1.54) is 5.56 Å². The minimum atomic E-state index is -0.311. The Labute approximate surface area is 124 Å². The first-order valence-electron chi connectivity index (χ1n) is 7.22. The zero-order valence-electron chi connectivity index (χ0n) is 12.6. The summed E-state index contributed by atoms with van der Waals surface area (Å²) in [6, 6.07) is 9.50. The molecule has 1 amide bonds. The van der Waals surface area contributed by atoms with E-state index in [9.17, 15) is 4.79 Å². The molecule has 112 valence electrons. The minimum Gasteiger partial charge on any atom is -0.374 e. The van der Waals surface area contributed by atoms with Gasteiger partial charge in [-0.3, -0.25) is 4.79 Å². The van der Waals surface area contributed by atoms with Crippen molar-refractivity contribution < 1.29 is 9.32 Å². The van der Waals surface area contributed by atoms with Crippen molar-refractivity contribution in [3.05, 3.63) is 41.7 Å². The van der Waals surface area contributed by atoms with Crippen molar-refractivity contribution in [1.82, 2.24) is 5.16 Å². The molecule has 0 fully saturated rings. The van der Waals surface area contributed by atoms with Crippen LogP contribution in [0, 0.1) is 6.92 Å². The average Bonchev–Trinajstić information content (AvgIpc) is 2.90. The van der Waals surface area contributed by atoms with Crippen LogP contribution in [0.25, 0.3) is 0 Å². The Balaban J connectivity index is 1.99. The van der Waals surface area contributed by atoms with Gasteiger partial charge in [0.15, 0.2) is 5.82 Å². The van der Waals surface area contributed by atoms with Crippen LogP contribution in [-0.4, -0.2) is 17.1 Å². The fourth-order valence-corrected chi connectivity index (χ4v) is 2.03. The van der Waals surface area contributed by atoms with Gasteiger partial charge in [0.2, 0.25) is 5.91 Å². The number of benzene rings is 1. The molecule has 0 radical (unpaired) electrons. The van der Waals surface area contributed by atoms with Gasteiger partial charge >= 0.3 is 0 Å². The maximum Gasteiger partial charge on any atom is 0.248 e. The Kier molecular flexibility index (Phi) is 4.98. The highest BCUT2D eigenvalue weighted by atomic mass is 16.5. The Morgan fingerprint density at radius 1 is 1.29 bits per heavy atom. The molecule has 1 aromatic heterocycles. The quantitative estimate of drug-likeness (QED) is 0.854. The zero-order valence-corrected chi connectivity index (χ0v) is 12.6. The van der Waals surface area contributed by atoms with E-state index < -0.39 is 0 Å². The van der Waals surface area contributed by atoms with E-state index in [0.29, 0.717) is 18.0 Å². The van der Waals surface area contributed by atoms with Crippen molar-refractivity contribution in [3.8, 4) is 0 Å². The second-order valence-electron chi connectivity index (χ2n) is 4.97. The molecule has 5 nitrogen and oxygen atoms in total. The molecule has 21 heavy (non-hydrogen) atoms. The van der Waals surface area contributed by atoms with Crippen molar-refractivity contribution in [2.75, 3.05) is 10.6 Å². The van der Waals surface area contributed by atoms with Gasteiger partial charge in [-0.25, -0.2) is 0 Å². The maximum atomic E-state index is 12.2. The van der Waals surface area contributed by atoms with Crippen molar-refractivity contribution in [2.24, 2.45) is 0 Å². The molecule has 0 aliphatic carbocycles. The second-order valence-corrected chi connectivity index (χ2v) is 4.97. The zero-order chi connectivity index (χ0) is 15.2. The fraction of sp³-hybridized carbons (Fsp3) is 0.375. The first-order valence-corrected chi connectivity index (χ1v) is 7.22. The normalized spacial score (nSPS) is 12.0. The van der Waals surface area contributed by atoms with Gasteiger partial charge in [0.05, 0.1) is 0 Å². The minimum absolute atomic E-state index is 0.120. The third-order valence-electron chi connectivity index (χ3n) is 3.31. The lowest BCUT2D eigenvalue weighted by molar-refractivity contribution is -0.117. The Morgan fingerprint density at radius 3 is 2.52 bits per heavy atom. The van der Waals surface area contributed by atoms with Crippen LogP contribution in [0.4, 0.5) is 11.5 Å². The van der Waals surface area contributed by atoms with Crippen LogP contribution in [0.5, 0.6) is 0 Å². The monoisotopic (exact) mass is 287 g/mol. The van der Waals surface area contributed by atoms with E-state index in [0.717, 1.165) is 12.1 Å². The summed E-state index contributed by atoms with van der Waals surface area (Å²) < 4.78 is 4.94. The summed E-state index contributed by atoms with van der Waals surface area (Å²) in [7, 11) is 0. The largest absolute Gasteiger partial charge is 0.374 e. The molecule has 1 heterocycles. The summed E-state index contributed by atoms with van der Waals surface area (Å²) in [5.41, 5.74) is 2.21. The van der Waals surface area contributed by atoms with Crippen molar-refractivity contribution >= 4 is 17.4 Å². The summed E-state index contributed by atoms with van der Waals surface area (Å²) in [5.74, 6) is 0.992. The number of nitrogens with one attached hydrogen (secondary N) is 2. The smallest absolute Gasteiger partial charge is 0.248 e. The van der Waals surface area contributed by atoms with Crippen molar-refractivity contribution in [3.63, 3.8) is 0 Å². The van der Waals surface area contributed by atoms with Crippen LogP contribution in [0.1, 0.15) is 31.6 Å². The molecule has 0 saturated carbocycles. The summed E-state index contributed by atoms with van der Waals surface area (Å²) >= 11 is 0. The van der Waals surface area contributed by atoms with E-state index in [1.54, 1.807) is 13.0 Å². The van der Waals surface area contributed by atoms with Gasteiger partial charge in [0.25, 0.3) is 0 Å². The Bertz CT molecular complexity index is 590. The van der Waals surface area contributed by atoms with Gasteiger partial charge < -0.3 is 15.2 Å². The van der Waals surface area contributed by atoms with Gasteiger partial charge in [-0.2, -0.15) is 0 Å². The number of hydrogen-bond acceptors (Lipinski definition) is 4. The number of rotatable bonds is 6. The summed E-state index contributed by atoms with van der Waals surface area (Å²) in [4.78, 5) is 12.2. The van der Waals surface area contributed by atoms with Crippen LogP contribution < -0.4 is 10.6 Å². The summed E-state index contributed by atoms with van der Waals surface area (Å²) in [6.45, 7) is 5.86. The molecule has 2 rings (SSSR count). The molecule has 2 N–H and O–H groups in total. The second kappa shape index (κ2) is 6.92. The molecule has 1 atom stereocenters. The van der Waals surface area contributed by atoms with Crippen LogP contribution in [0.3, 0.4) is 0 Å². The fourth-order valence-electron chi connectivity index (χ4n) is 2.03. The SMILES string of the molecule is CCc1ccc(N[C@@H](CC)C(=O)Nc2cc(C)on2)cc1. The number of amides is 1. The number of carbonyl (C=O) groups is 1. The van der Waals surface area contributed by atoms with Gasteiger partial charge in [-0.05, 0) is 37.5 Å². The van der Waals surface area contributed by atoms with Gasteiger partial charge in [-0.1, -0.05) is 31.1 Å². The highest BCUT2D eigenvalue weighted by Crippen LogP contribution is 2.14. The number of hydrogen-bond donors (Lipinski definition) is 2. The summed E-state index contributed by atoms with van der Waals surface area (Å²) in [5, 5.41) is 9.75. The molecule has 0 saturated heterocycles. The molecule has 1 aromatic carbocycles. The Morgan fingerprint density at radius 2 is 2.00 bits per heavy atom. The van der Waals surface area contributed by atoms with Crippen LogP contribution in [-0.2, 0) is 11.2 Å². The van der Waals surface area contributed by atoms with E-state index in [-0.39, 0.29) is 11.9 Å². The van der Waals surface area contributed by atoms with E-state index in [4.69, 9.17) is 4.52 Å². The lowest BCUT2D eigenvalue weighted by Crippen LogP contribution is -2.34. The maximum absolute atomic E-state index is 12.2. The molecular weight excluding hydrogens is 266 g/mol. The molecule has 0 aliphatic heterocycles. The molecule has 0 bridgehead atoms. The number of aryl methyl sites for hydroxylation is 2. The number of aromatic nitrogens is 1. The number of carbonyl (C=O) groups excluding carboxylic acids is 1. The van der Waals surface area contributed by atoms with Crippen LogP contribution in [0.15, 0.2) is 34.9 Å². The van der Waals surface area contributed by atoms with Gasteiger partial charge in [-0.15, -0.1) is 0 Å². The third kappa shape index (κ3) is 4.08. The van der Waals surface area contributed by atoms with Gasteiger partial charge in [0, 0.05) is 11.8 Å². The van der Waals surface area contributed by atoms with Crippen molar-refractivity contribution in [1.29, 1.82) is 0 Å². The average molecular weight is 287 g/mol. The molecule has 0 unspecified atom stereocenters. The molecule has 2 aromatic rings. The standard InChI is InChI=1S/C16H21N3O2/c1-4-12-6-8-13(9-7-12)17-14(5-2)16(20)18-15-10-11(3)21-19-15/h6-10,14,17H,4-5H2,1-3H3,(H,18,19,20)/t14-/m0/s1. The molecule has 0 spiro atoms. The number of anilines is 2. The predicted octanol–water partition coefficient (Wildman–Crippen LogP) is 3.37. The topological polar surface area (TPSA) is 67.2 Å². The number of nitrogens with zero attached hydrogens (tertiary/aromatic N) is 1. The van der Waals surface area contributed by atoms with Crippen molar-refractivity contribution in [2.45, 2.75) is 39.7 Å². The van der Waals surface area contributed by atoms with Gasteiger partial charge in [0.1, 0.15) is 11.8 Å². The first-order chi connectivity index (χ1) is 10.1. The summed E-state index contributed by atoms with van der Waals surface area (Å²) in [6.07, 6.45) is 1.68. The first kappa shape index (κ1) is 15.1. The predicted molar refractivity (Wildman–Crippen MR) is 83.4 cm³/mol. The highest BCUT2D eigenvalue weighted by molar-refractivity contribution is 5.95. The lowest BCUT2D eigenvalue weighted by atomic mass is 10.1. The van der Waals surface area contributed by atoms with E-state index in [2.05, 4.69) is 34.8 Å². The lowest BCUT2D eigenvalue weighted by Gasteiger charge is -2.17. The van der Waals surface area contributed by atoms with Crippen LogP contribution in [0.2, 0.25) is 0 Å². The Hall–Kier alpha value is -2.30. The third-order valence-corrected chi connectivity index (χ3v) is 3.31. The van der Waals surface area contributed by atoms with Crippen LogP contribution >= 0.6 is 0 Å². The molecule has 5 heteroatoms. The van der Waals surface area contributed by atoms with E-state index in [1.807, 2.05) is 19.1 Å². The molecule has 0 aliphatic rings. The highest BCUT2D eigenvalue weighted by Gasteiger charge is 2.17. The molecular formula is C16H21N3O2.